The number of hydrogen-bond donors (Lipinski definition) is 2. The van der Waals surface area contributed by atoms with Crippen LogP contribution in [0.15, 0.2) is 0 Å². The highest BCUT2D eigenvalue weighted by Crippen LogP contribution is 2.23. The lowest BCUT2D eigenvalue weighted by Gasteiger charge is -2.29. The highest BCUT2D eigenvalue weighted by molar-refractivity contribution is 5.81. The monoisotopic (exact) mass is 255 g/mol. The van der Waals surface area contributed by atoms with Crippen LogP contribution in [-0.4, -0.2) is 42.5 Å². The van der Waals surface area contributed by atoms with Gasteiger partial charge in [0.2, 0.25) is 5.91 Å². The Kier molecular flexibility index (Phi) is 7.28. The molecule has 4 nitrogen and oxygen atoms in total. The van der Waals surface area contributed by atoms with Crippen LogP contribution < -0.4 is 11.1 Å². The van der Waals surface area contributed by atoms with E-state index in [2.05, 4.69) is 17.1 Å². The molecule has 4 heteroatoms. The van der Waals surface area contributed by atoms with Gasteiger partial charge in [0.25, 0.3) is 0 Å². The molecule has 0 bridgehead atoms. The zero-order chi connectivity index (χ0) is 13.4. The second-order valence-corrected chi connectivity index (χ2v) is 5.29. The Morgan fingerprint density at radius 2 is 2.28 bits per heavy atom. The maximum Gasteiger partial charge on any atom is 0.237 e. The van der Waals surface area contributed by atoms with Gasteiger partial charge in [-0.15, -0.1) is 0 Å². The molecule has 1 amide bonds. The summed E-state index contributed by atoms with van der Waals surface area (Å²) < 4.78 is 0. The number of likely N-dealkylation sites (tertiary alicyclic amines) is 1. The van der Waals surface area contributed by atoms with E-state index < -0.39 is 0 Å². The summed E-state index contributed by atoms with van der Waals surface area (Å²) in [5, 5.41) is 3.03. The third-order valence-electron chi connectivity index (χ3n) is 3.87. The molecule has 0 aromatic carbocycles. The summed E-state index contributed by atoms with van der Waals surface area (Å²) in [5.41, 5.74) is 5.57. The molecule has 1 rings (SSSR count). The highest BCUT2D eigenvalue weighted by Gasteiger charge is 2.31. The molecule has 0 saturated carbocycles. The molecule has 1 aliphatic heterocycles. The minimum Gasteiger partial charge on any atom is -0.355 e. The second-order valence-electron chi connectivity index (χ2n) is 5.29. The van der Waals surface area contributed by atoms with Gasteiger partial charge in [-0.2, -0.15) is 0 Å². The van der Waals surface area contributed by atoms with Gasteiger partial charge in [0, 0.05) is 12.6 Å². The molecule has 3 N–H and O–H groups in total. The molecule has 0 aliphatic carbocycles. The van der Waals surface area contributed by atoms with Crippen LogP contribution in [-0.2, 0) is 4.79 Å². The number of carbonyl (C=O) groups is 1. The third-order valence-corrected chi connectivity index (χ3v) is 3.87. The van der Waals surface area contributed by atoms with Crippen molar-refractivity contribution in [1.82, 2.24) is 10.2 Å². The van der Waals surface area contributed by atoms with Gasteiger partial charge in [0.05, 0.1) is 6.04 Å². The van der Waals surface area contributed by atoms with Crippen LogP contribution in [0.25, 0.3) is 0 Å². The third kappa shape index (κ3) is 4.58. The zero-order valence-electron chi connectivity index (χ0n) is 12.0. The normalized spacial score (nSPS) is 22.1. The molecule has 1 saturated heterocycles. The standard InChI is InChI=1S/C14H29N3O/c1-3-4-10-16-14(18)12(2)17-11-6-8-13(17)7-5-9-15/h12-13H,3-11,15H2,1-2H3,(H,16,18). The summed E-state index contributed by atoms with van der Waals surface area (Å²) in [7, 11) is 0. The molecule has 18 heavy (non-hydrogen) atoms. The molecule has 0 aromatic rings. The van der Waals surface area contributed by atoms with E-state index in [4.69, 9.17) is 5.73 Å². The van der Waals surface area contributed by atoms with E-state index in [1.165, 1.54) is 12.8 Å². The van der Waals surface area contributed by atoms with Crippen molar-refractivity contribution in [1.29, 1.82) is 0 Å². The minimum atomic E-state index is 0.00660. The molecular weight excluding hydrogens is 226 g/mol. The van der Waals surface area contributed by atoms with Crippen LogP contribution in [0.4, 0.5) is 0 Å². The molecule has 106 valence electrons. The topological polar surface area (TPSA) is 58.4 Å². The average molecular weight is 255 g/mol. The Bertz CT molecular complexity index is 245. The number of unbranched alkanes of at least 4 members (excludes halogenated alkanes) is 1. The van der Waals surface area contributed by atoms with E-state index in [1.807, 2.05) is 6.92 Å². The quantitative estimate of drug-likeness (QED) is 0.646. The SMILES string of the molecule is CCCCNC(=O)C(C)N1CCCC1CCCN. The van der Waals surface area contributed by atoms with Crippen molar-refractivity contribution in [2.24, 2.45) is 5.73 Å². The first-order chi connectivity index (χ1) is 8.70. The number of nitrogens with zero attached hydrogens (tertiary/aromatic N) is 1. The van der Waals surface area contributed by atoms with Crippen LogP contribution in [0, 0.1) is 0 Å². The number of carbonyl (C=O) groups excluding carboxylic acids is 1. The van der Waals surface area contributed by atoms with Gasteiger partial charge in [-0.25, -0.2) is 0 Å². The van der Waals surface area contributed by atoms with E-state index >= 15 is 0 Å². The molecule has 1 fully saturated rings. The lowest BCUT2D eigenvalue weighted by Crippen LogP contribution is -2.47. The lowest BCUT2D eigenvalue weighted by atomic mass is 10.1. The van der Waals surface area contributed by atoms with Crippen LogP contribution in [0.1, 0.15) is 52.4 Å². The fraction of sp³-hybridized carbons (Fsp3) is 0.929. The first kappa shape index (κ1) is 15.4. The Labute approximate surface area is 111 Å². The second kappa shape index (κ2) is 8.48. The van der Waals surface area contributed by atoms with Gasteiger partial charge in [0.15, 0.2) is 0 Å². The molecule has 0 spiro atoms. The van der Waals surface area contributed by atoms with Crippen LogP contribution in [0.3, 0.4) is 0 Å². The Balaban J connectivity index is 2.38. The summed E-state index contributed by atoms with van der Waals surface area (Å²) in [6.07, 6.45) is 6.80. The molecule has 2 atom stereocenters. The van der Waals surface area contributed by atoms with E-state index in [0.717, 1.165) is 45.3 Å². The number of rotatable bonds is 8. The summed E-state index contributed by atoms with van der Waals surface area (Å²) in [5.74, 6) is 0.183. The summed E-state index contributed by atoms with van der Waals surface area (Å²) >= 11 is 0. The molecule has 1 aliphatic rings. The van der Waals surface area contributed by atoms with E-state index in [9.17, 15) is 4.79 Å². The van der Waals surface area contributed by atoms with Crippen molar-refractivity contribution in [3.63, 3.8) is 0 Å². The Morgan fingerprint density at radius 3 is 2.94 bits per heavy atom. The predicted molar refractivity (Wildman–Crippen MR) is 75.4 cm³/mol. The van der Waals surface area contributed by atoms with Gasteiger partial charge in [-0.3, -0.25) is 9.69 Å². The first-order valence-electron chi connectivity index (χ1n) is 7.44. The number of nitrogens with two attached hydrogens (primary N) is 1. The van der Waals surface area contributed by atoms with Gasteiger partial charge < -0.3 is 11.1 Å². The molecular formula is C14H29N3O. The van der Waals surface area contributed by atoms with Crippen LogP contribution in [0.2, 0.25) is 0 Å². The van der Waals surface area contributed by atoms with Crippen molar-refractivity contribution in [3.05, 3.63) is 0 Å². The maximum absolute atomic E-state index is 12.0. The summed E-state index contributed by atoms with van der Waals surface area (Å²) in [6, 6.07) is 0.563. The van der Waals surface area contributed by atoms with Gasteiger partial charge in [-0.1, -0.05) is 13.3 Å². The van der Waals surface area contributed by atoms with Crippen molar-refractivity contribution >= 4 is 5.91 Å². The fourth-order valence-corrected chi connectivity index (χ4v) is 2.72. The smallest absolute Gasteiger partial charge is 0.237 e. The fourth-order valence-electron chi connectivity index (χ4n) is 2.72. The summed E-state index contributed by atoms with van der Waals surface area (Å²) in [6.45, 7) is 6.78. The molecule has 1 heterocycles. The van der Waals surface area contributed by atoms with Gasteiger partial charge in [0.1, 0.15) is 0 Å². The van der Waals surface area contributed by atoms with Crippen LogP contribution >= 0.6 is 0 Å². The number of hydrogen-bond acceptors (Lipinski definition) is 3. The maximum atomic E-state index is 12.0. The van der Waals surface area contributed by atoms with Crippen molar-refractivity contribution in [3.8, 4) is 0 Å². The Hall–Kier alpha value is -0.610. The van der Waals surface area contributed by atoms with Crippen molar-refractivity contribution in [2.75, 3.05) is 19.6 Å². The van der Waals surface area contributed by atoms with Gasteiger partial charge >= 0.3 is 0 Å². The summed E-state index contributed by atoms with van der Waals surface area (Å²) in [4.78, 5) is 14.4. The van der Waals surface area contributed by atoms with E-state index in [-0.39, 0.29) is 11.9 Å². The first-order valence-corrected chi connectivity index (χ1v) is 7.44. The molecule has 2 unspecified atom stereocenters. The zero-order valence-corrected chi connectivity index (χ0v) is 12.0. The highest BCUT2D eigenvalue weighted by atomic mass is 16.2. The number of amides is 1. The minimum absolute atomic E-state index is 0.00660. The largest absolute Gasteiger partial charge is 0.355 e. The predicted octanol–water partition coefficient (Wildman–Crippen LogP) is 1.49. The van der Waals surface area contributed by atoms with E-state index in [0.29, 0.717) is 6.04 Å². The number of nitrogens with one attached hydrogen (secondary N) is 1. The van der Waals surface area contributed by atoms with Crippen molar-refractivity contribution < 1.29 is 4.79 Å². The Morgan fingerprint density at radius 1 is 1.50 bits per heavy atom. The van der Waals surface area contributed by atoms with Crippen LogP contribution in [0.5, 0.6) is 0 Å². The van der Waals surface area contributed by atoms with Crippen molar-refractivity contribution in [2.45, 2.75) is 64.5 Å². The molecule has 0 radical (unpaired) electrons. The van der Waals surface area contributed by atoms with E-state index in [1.54, 1.807) is 0 Å². The van der Waals surface area contributed by atoms with Gasteiger partial charge in [-0.05, 0) is 52.1 Å². The lowest BCUT2D eigenvalue weighted by molar-refractivity contribution is -0.126. The average Bonchev–Trinajstić information content (AvgIpc) is 2.83. The molecule has 0 aromatic heterocycles.